The molecule has 0 saturated heterocycles. The summed E-state index contributed by atoms with van der Waals surface area (Å²) < 4.78 is 44.9. The third kappa shape index (κ3) is 3.60. The Morgan fingerprint density at radius 3 is 2.67 bits per heavy atom. The summed E-state index contributed by atoms with van der Waals surface area (Å²) in [5.74, 6) is 0.406. The molecule has 5 nitrogen and oxygen atoms in total. The van der Waals surface area contributed by atoms with Gasteiger partial charge in [0.1, 0.15) is 11.4 Å². The van der Waals surface area contributed by atoms with E-state index in [4.69, 9.17) is 4.74 Å². The van der Waals surface area contributed by atoms with Gasteiger partial charge in [0.2, 0.25) is 0 Å². The van der Waals surface area contributed by atoms with Gasteiger partial charge in [-0.05, 0) is 43.2 Å². The Kier molecular flexibility index (Phi) is 4.93. The number of carbonyl (C=O) groups excluding carboxylic acids is 1. The van der Waals surface area contributed by atoms with Crippen molar-refractivity contribution >= 4 is 27.7 Å². The molecule has 8 heteroatoms. The molecule has 0 fully saturated rings. The van der Waals surface area contributed by atoms with E-state index in [1.165, 1.54) is 6.07 Å². The molecule has 2 aromatic heterocycles. The summed E-state index contributed by atoms with van der Waals surface area (Å²) in [5, 5.41) is 4.23. The SMILES string of the molecule is COc1ccc2cc(C(=O)NCCc3c(C)[nH]c4c(C(F)(F)F)cccc34)[nH]c2c1. The van der Waals surface area contributed by atoms with Crippen LogP contribution in [0.15, 0.2) is 42.5 Å². The Bertz CT molecular complexity index is 1240. The molecular formula is C22H20F3N3O2. The lowest BCUT2D eigenvalue weighted by atomic mass is 10.0. The molecule has 30 heavy (non-hydrogen) atoms. The summed E-state index contributed by atoms with van der Waals surface area (Å²) in [5.41, 5.74) is 2.01. The van der Waals surface area contributed by atoms with Crippen molar-refractivity contribution in [2.24, 2.45) is 0 Å². The number of aromatic nitrogens is 2. The predicted octanol–water partition coefficient (Wildman–Crippen LogP) is 4.96. The Labute approximate surface area is 170 Å². The van der Waals surface area contributed by atoms with Crippen LogP contribution in [0.2, 0.25) is 0 Å². The standard InChI is InChI=1S/C22H20F3N3O2/c1-12-15(16-4-3-5-17(20(16)27-12)22(23,24)25)8-9-26-21(29)19-10-13-6-7-14(30-2)11-18(13)28-19/h3-7,10-11,27-28H,8-9H2,1-2H3,(H,26,29). The fraction of sp³-hybridized carbons (Fsp3) is 0.227. The number of hydrogen-bond donors (Lipinski definition) is 3. The topological polar surface area (TPSA) is 69.9 Å². The van der Waals surface area contributed by atoms with Crippen LogP contribution in [0.1, 0.15) is 27.3 Å². The number of ether oxygens (including phenoxy) is 1. The highest BCUT2D eigenvalue weighted by molar-refractivity contribution is 5.98. The average Bonchev–Trinajstić information content (AvgIpc) is 3.27. The van der Waals surface area contributed by atoms with Crippen molar-refractivity contribution in [3.63, 3.8) is 0 Å². The van der Waals surface area contributed by atoms with Gasteiger partial charge in [0.15, 0.2) is 0 Å². The van der Waals surface area contributed by atoms with E-state index in [0.29, 0.717) is 35.5 Å². The van der Waals surface area contributed by atoms with Gasteiger partial charge < -0.3 is 20.0 Å². The highest BCUT2D eigenvalue weighted by Crippen LogP contribution is 2.36. The number of aryl methyl sites for hydroxylation is 1. The van der Waals surface area contributed by atoms with E-state index in [1.54, 1.807) is 32.2 Å². The van der Waals surface area contributed by atoms with E-state index in [-0.39, 0.29) is 11.4 Å². The Morgan fingerprint density at radius 2 is 1.93 bits per heavy atom. The van der Waals surface area contributed by atoms with E-state index in [9.17, 15) is 18.0 Å². The first-order valence-corrected chi connectivity index (χ1v) is 9.40. The minimum absolute atomic E-state index is 0.0772. The van der Waals surface area contributed by atoms with Gasteiger partial charge in [-0.2, -0.15) is 13.2 Å². The molecular weight excluding hydrogens is 395 g/mol. The van der Waals surface area contributed by atoms with Crippen LogP contribution in [0.3, 0.4) is 0 Å². The highest BCUT2D eigenvalue weighted by Gasteiger charge is 2.33. The van der Waals surface area contributed by atoms with Gasteiger partial charge in [-0.15, -0.1) is 0 Å². The highest BCUT2D eigenvalue weighted by atomic mass is 19.4. The Balaban J connectivity index is 1.50. The molecule has 0 atom stereocenters. The van der Waals surface area contributed by atoms with Crippen molar-refractivity contribution in [1.82, 2.24) is 15.3 Å². The number of nitrogens with one attached hydrogen (secondary N) is 3. The van der Waals surface area contributed by atoms with Crippen molar-refractivity contribution in [2.75, 3.05) is 13.7 Å². The minimum atomic E-state index is -4.43. The lowest BCUT2D eigenvalue weighted by Gasteiger charge is -2.08. The number of carbonyl (C=O) groups is 1. The number of amides is 1. The van der Waals surface area contributed by atoms with E-state index in [2.05, 4.69) is 15.3 Å². The normalized spacial score (nSPS) is 11.9. The molecule has 0 unspecified atom stereocenters. The van der Waals surface area contributed by atoms with Crippen LogP contribution in [-0.4, -0.2) is 29.5 Å². The van der Waals surface area contributed by atoms with E-state index >= 15 is 0 Å². The van der Waals surface area contributed by atoms with Gasteiger partial charge >= 0.3 is 6.18 Å². The van der Waals surface area contributed by atoms with Crippen LogP contribution >= 0.6 is 0 Å². The zero-order chi connectivity index (χ0) is 21.5. The van der Waals surface area contributed by atoms with Crippen molar-refractivity contribution in [3.8, 4) is 5.75 Å². The summed E-state index contributed by atoms with van der Waals surface area (Å²) in [6.45, 7) is 2.03. The summed E-state index contributed by atoms with van der Waals surface area (Å²) in [4.78, 5) is 18.4. The van der Waals surface area contributed by atoms with Gasteiger partial charge in [-0.3, -0.25) is 4.79 Å². The average molecular weight is 415 g/mol. The van der Waals surface area contributed by atoms with E-state index < -0.39 is 11.7 Å². The van der Waals surface area contributed by atoms with Crippen molar-refractivity contribution in [2.45, 2.75) is 19.5 Å². The second-order valence-electron chi connectivity index (χ2n) is 7.10. The zero-order valence-corrected chi connectivity index (χ0v) is 16.4. The third-order valence-electron chi connectivity index (χ3n) is 5.19. The van der Waals surface area contributed by atoms with Crippen molar-refractivity contribution in [3.05, 3.63) is 65.0 Å². The minimum Gasteiger partial charge on any atom is -0.497 e. The monoisotopic (exact) mass is 415 g/mol. The van der Waals surface area contributed by atoms with Gasteiger partial charge in [0.05, 0.1) is 18.2 Å². The van der Waals surface area contributed by atoms with Gasteiger partial charge in [0, 0.05) is 34.6 Å². The Morgan fingerprint density at radius 1 is 1.13 bits per heavy atom. The smallest absolute Gasteiger partial charge is 0.418 e. The maximum absolute atomic E-state index is 13.3. The lowest BCUT2D eigenvalue weighted by molar-refractivity contribution is -0.136. The first-order chi connectivity index (χ1) is 14.3. The summed E-state index contributed by atoms with van der Waals surface area (Å²) in [6.07, 6.45) is -4.02. The molecule has 0 aliphatic heterocycles. The van der Waals surface area contributed by atoms with Crippen LogP contribution in [-0.2, 0) is 12.6 Å². The number of aromatic amines is 2. The molecule has 3 N–H and O–H groups in total. The van der Waals surface area contributed by atoms with Gasteiger partial charge in [0.25, 0.3) is 5.91 Å². The van der Waals surface area contributed by atoms with Crippen LogP contribution in [0, 0.1) is 6.92 Å². The molecule has 0 spiro atoms. The van der Waals surface area contributed by atoms with E-state index in [0.717, 1.165) is 22.5 Å². The maximum Gasteiger partial charge on any atom is 0.418 e. The quantitative estimate of drug-likeness (QED) is 0.431. The van der Waals surface area contributed by atoms with Crippen LogP contribution in [0.25, 0.3) is 21.8 Å². The molecule has 0 saturated carbocycles. The number of para-hydroxylation sites is 1. The number of alkyl halides is 3. The number of rotatable bonds is 5. The van der Waals surface area contributed by atoms with Gasteiger partial charge in [-0.1, -0.05) is 12.1 Å². The molecule has 2 aromatic carbocycles. The summed E-state index contributed by atoms with van der Waals surface area (Å²) >= 11 is 0. The molecule has 0 aliphatic rings. The van der Waals surface area contributed by atoms with Crippen molar-refractivity contribution in [1.29, 1.82) is 0 Å². The summed E-state index contributed by atoms with van der Waals surface area (Å²) in [7, 11) is 1.57. The molecule has 0 bridgehead atoms. The largest absolute Gasteiger partial charge is 0.497 e. The molecule has 0 radical (unpaired) electrons. The van der Waals surface area contributed by atoms with Gasteiger partial charge in [-0.25, -0.2) is 0 Å². The molecule has 0 aliphatic carbocycles. The molecule has 4 rings (SSSR count). The number of halogens is 3. The van der Waals surface area contributed by atoms with Crippen LogP contribution < -0.4 is 10.1 Å². The van der Waals surface area contributed by atoms with E-state index in [1.807, 2.05) is 12.1 Å². The summed E-state index contributed by atoms with van der Waals surface area (Å²) in [6, 6.07) is 11.3. The zero-order valence-electron chi connectivity index (χ0n) is 16.4. The number of H-pyrrole nitrogens is 2. The Hall–Kier alpha value is -3.42. The number of benzene rings is 2. The first-order valence-electron chi connectivity index (χ1n) is 9.40. The first kappa shape index (κ1) is 19.9. The molecule has 1 amide bonds. The third-order valence-corrected chi connectivity index (χ3v) is 5.19. The van der Waals surface area contributed by atoms with Crippen LogP contribution in [0.4, 0.5) is 13.2 Å². The fourth-order valence-electron chi connectivity index (χ4n) is 3.71. The lowest BCUT2D eigenvalue weighted by Crippen LogP contribution is -2.26. The molecule has 156 valence electrons. The number of fused-ring (bicyclic) bond motifs is 2. The number of methoxy groups -OCH3 is 1. The molecule has 4 aromatic rings. The maximum atomic E-state index is 13.3. The van der Waals surface area contributed by atoms with Crippen molar-refractivity contribution < 1.29 is 22.7 Å². The fourth-order valence-corrected chi connectivity index (χ4v) is 3.71. The predicted molar refractivity (Wildman–Crippen MR) is 109 cm³/mol. The van der Waals surface area contributed by atoms with Crippen LogP contribution in [0.5, 0.6) is 5.75 Å². The molecule has 2 heterocycles. The number of hydrogen-bond acceptors (Lipinski definition) is 2. The second-order valence-corrected chi connectivity index (χ2v) is 7.10. The second kappa shape index (κ2) is 7.44.